The van der Waals surface area contributed by atoms with Gasteiger partial charge in [-0.1, -0.05) is 15.9 Å². The standard InChI is InChI=1S/C20H20BrN3O5S/c1-23-17-7-6-16(12-18(17)29-20(23)26)30(27,28)24-10-8-13(9-11-24)19(25)22-15-4-2-14(21)3-5-15/h2-7,12-13H,8-11H2,1H3,(H,22,25). The highest BCUT2D eigenvalue weighted by Crippen LogP contribution is 2.27. The highest BCUT2D eigenvalue weighted by molar-refractivity contribution is 9.10. The lowest BCUT2D eigenvalue weighted by molar-refractivity contribution is -0.120. The van der Waals surface area contributed by atoms with E-state index in [1.165, 1.54) is 21.0 Å². The van der Waals surface area contributed by atoms with Gasteiger partial charge in [0.15, 0.2) is 5.58 Å². The summed E-state index contributed by atoms with van der Waals surface area (Å²) in [5.41, 5.74) is 1.46. The molecular weight excluding hydrogens is 474 g/mol. The first kappa shape index (κ1) is 20.8. The van der Waals surface area contributed by atoms with Crippen molar-refractivity contribution in [1.82, 2.24) is 8.87 Å². The zero-order valence-corrected chi connectivity index (χ0v) is 18.6. The second-order valence-electron chi connectivity index (χ2n) is 7.23. The smallest absolute Gasteiger partial charge is 0.408 e. The first-order chi connectivity index (χ1) is 14.3. The molecule has 0 radical (unpaired) electrons. The molecule has 3 aromatic rings. The summed E-state index contributed by atoms with van der Waals surface area (Å²) in [5.74, 6) is -0.909. The molecule has 10 heteroatoms. The third-order valence-corrected chi connectivity index (χ3v) is 7.76. The molecule has 0 spiro atoms. The maximum Gasteiger partial charge on any atom is 0.419 e. The van der Waals surface area contributed by atoms with Crippen LogP contribution in [0.5, 0.6) is 0 Å². The molecule has 1 fully saturated rings. The SMILES string of the molecule is Cn1c(=O)oc2cc(S(=O)(=O)N3CCC(C(=O)Nc4ccc(Br)cc4)CC3)ccc21. The molecule has 0 unspecified atom stereocenters. The fourth-order valence-corrected chi connectivity index (χ4v) is 5.31. The third-order valence-electron chi connectivity index (χ3n) is 5.34. The number of nitrogens with one attached hydrogen (secondary N) is 1. The van der Waals surface area contributed by atoms with Crippen LogP contribution >= 0.6 is 15.9 Å². The minimum atomic E-state index is -3.74. The first-order valence-electron chi connectivity index (χ1n) is 9.42. The normalized spacial score (nSPS) is 16.1. The Morgan fingerprint density at radius 1 is 1.13 bits per heavy atom. The van der Waals surface area contributed by atoms with Crippen LogP contribution < -0.4 is 11.1 Å². The quantitative estimate of drug-likeness (QED) is 0.601. The molecule has 1 amide bonds. The van der Waals surface area contributed by atoms with Crippen LogP contribution in [0.4, 0.5) is 5.69 Å². The number of carbonyl (C=O) groups is 1. The van der Waals surface area contributed by atoms with Crippen molar-refractivity contribution in [2.75, 3.05) is 18.4 Å². The number of sulfonamides is 1. The van der Waals surface area contributed by atoms with Crippen LogP contribution in [0.25, 0.3) is 11.1 Å². The number of fused-ring (bicyclic) bond motifs is 1. The van der Waals surface area contributed by atoms with Gasteiger partial charge in [0.05, 0.1) is 10.4 Å². The number of rotatable bonds is 4. The number of benzene rings is 2. The second kappa shape index (κ2) is 8.01. The van der Waals surface area contributed by atoms with Crippen molar-refractivity contribution in [3.8, 4) is 0 Å². The molecule has 0 bridgehead atoms. The van der Waals surface area contributed by atoms with Crippen molar-refractivity contribution >= 4 is 48.6 Å². The summed E-state index contributed by atoms with van der Waals surface area (Å²) < 4.78 is 34.8. The minimum Gasteiger partial charge on any atom is -0.408 e. The van der Waals surface area contributed by atoms with Gasteiger partial charge in [-0.15, -0.1) is 0 Å². The topological polar surface area (TPSA) is 102 Å². The number of nitrogens with zero attached hydrogens (tertiary/aromatic N) is 2. The third kappa shape index (κ3) is 3.94. The molecule has 0 saturated carbocycles. The van der Waals surface area contributed by atoms with Gasteiger partial charge in [0, 0.05) is 42.3 Å². The van der Waals surface area contributed by atoms with Gasteiger partial charge in [-0.25, -0.2) is 13.2 Å². The molecule has 2 aromatic carbocycles. The summed E-state index contributed by atoms with van der Waals surface area (Å²) in [6.45, 7) is 0.495. The summed E-state index contributed by atoms with van der Waals surface area (Å²) >= 11 is 3.35. The van der Waals surface area contributed by atoms with Gasteiger partial charge in [-0.05, 0) is 49.2 Å². The summed E-state index contributed by atoms with van der Waals surface area (Å²) in [5, 5.41) is 2.88. The van der Waals surface area contributed by atoms with Crippen LogP contribution in [0.15, 0.2) is 61.0 Å². The van der Waals surface area contributed by atoms with E-state index in [4.69, 9.17) is 4.42 Å². The molecule has 1 aliphatic heterocycles. The second-order valence-corrected chi connectivity index (χ2v) is 10.1. The van der Waals surface area contributed by atoms with Crippen LogP contribution in [0.3, 0.4) is 0 Å². The lowest BCUT2D eigenvalue weighted by atomic mass is 9.97. The molecular formula is C20H20BrN3O5S. The highest BCUT2D eigenvalue weighted by Gasteiger charge is 2.32. The first-order valence-corrected chi connectivity index (χ1v) is 11.7. The van der Waals surface area contributed by atoms with Crippen molar-refractivity contribution in [2.24, 2.45) is 13.0 Å². The van der Waals surface area contributed by atoms with E-state index >= 15 is 0 Å². The predicted octanol–water partition coefficient (Wildman–Crippen LogP) is 2.93. The number of halogens is 1. The average molecular weight is 494 g/mol. The lowest BCUT2D eigenvalue weighted by Gasteiger charge is -2.30. The summed E-state index contributed by atoms with van der Waals surface area (Å²) in [7, 11) is -2.18. The Morgan fingerprint density at radius 3 is 2.47 bits per heavy atom. The molecule has 4 rings (SSSR count). The number of piperidine rings is 1. The van der Waals surface area contributed by atoms with E-state index < -0.39 is 15.8 Å². The average Bonchev–Trinajstić information content (AvgIpc) is 3.03. The van der Waals surface area contributed by atoms with Gasteiger partial charge in [0.1, 0.15) is 0 Å². The molecule has 0 atom stereocenters. The Hall–Kier alpha value is -2.43. The zero-order chi connectivity index (χ0) is 21.5. The molecule has 2 heterocycles. The molecule has 8 nitrogen and oxygen atoms in total. The van der Waals surface area contributed by atoms with Gasteiger partial charge >= 0.3 is 5.76 Å². The summed E-state index contributed by atoms with van der Waals surface area (Å²) in [6.07, 6.45) is 0.870. The molecule has 1 aliphatic rings. The summed E-state index contributed by atoms with van der Waals surface area (Å²) in [6, 6.07) is 11.7. The van der Waals surface area contributed by atoms with E-state index in [0.717, 1.165) is 4.47 Å². The highest BCUT2D eigenvalue weighted by atomic mass is 79.9. The number of hydrogen-bond donors (Lipinski definition) is 1. The van der Waals surface area contributed by atoms with Crippen LogP contribution in [0.2, 0.25) is 0 Å². The largest absolute Gasteiger partial charge is 0.419 e. The maximum atomic E-state index is 13.0. The van der Waals surface area contributed by atoms with E-state index in [9.17, 15) is 18.0 Å². The van der Waals surface area contributed by atoms with E-state index in [0.29, 0.717) is 24.0 Å². The van der Waals surface area contributed by atoms with Crippen LogP contribution in [-0.4, -0.2) is 36.3 Å². The van der Waals surface area contributed by atoms with E-state index in [2.05, 4.69) is 21.2 Å². The van der Waals surface area contributed by atoms with Crippen molar-refractivity contribution < 1.29 is 17.6 Å². The fraction of sp³-hybridized carbons (Fsp3) is 0.300. The van der Waals surface area contributed by atoms with Crippen LogP contribution in [0.1, 0.15) is 12.8 Å². The zero-order valence-electron chi connectivity index (χ0n) is 16.2. The number of aromatic nitrogens is 1. The van der Waals surface area contributed by atoms with Gasteiger partial charge in [0.25, 0.3) is 0 Å². The van der Waals surface area contributed by atoms with Crippen LogP contribution in [0, 0.1) is 5.92 Å². The van der Waals surface area contributed by atoms with Crippen molar-refractivity contribution in [2.45, 2.75) is 17.7 Å². The van der Waals surface area contributed by atoms with E-state index in [1.807, 2.05) is 12.1 Å². The Bertz CT molecular complexity index is 1260. The fourth-order valence-electron chi connectivity index (χ4n) is 3.56. The summed E-state index contributed by atoms with van der Waals surface area (Å²) in [4.78, 5) is 24.2. The molecule has 1 N–H and O–H groups in total. The Balaban J connectivity index is 1.44. The molecule has 1 aromatic heterocycles. The monoisotopic (exact) mass is 493 g/mol. The predicted molar refractivity (Wildman–Crippen MR) is 116 cm³/mol. The van der Waals surface area contributed by atoms with Crippen molar-refractivity contribution in [3.05, 3.63) is 57.5 Å². The number of anilines is 1. The Labute approximate surface area is 181 Å². The van der Waals surface area contributed by atoms with Gasteiger partial charge in [-0.3, -0.25) is 9.36 Å². The minimum absolute atomic E-state index is 0.0714. The molecule has 0 aliphatic carbocycles. The number of oxazole rings is 1. The Morgan fingerprint density at radius 2 is 1.80 bits per heavy atom. The Kier molecular flexibility index (Phi) is 5.56. The van der Waals surface area contributed by atoms with Crippen molar-refractivity contribution in [3.63, 3.8) is 0 Å². The van der Waals surface area contributed by atoms with Crippen LogP contribution in [-0.2, 0) is 21.9 Å². The van der Waals surface area contributed by atoms with Gasteiger partial charge in [-0.2, -0.15) is 4.31 Å². The number of hydrogen-bond acceptors (Lipinski definition) is 5. The lowest BCUT2D eigenvalue weighted by Crippen LogP contribution is -2.41. The van der Waals surface area contributed by atoms with Gasteiger partial charge < -0.3 is 9.73 Å². The maximum absolute atomic E-state index is 13.0. The molecule has 158 valence electrons. The number of carbonyl (C=O) groups excluding carboxylic acids is 1. The van der Waals surface area contributed by atoms with Gasteiger partial charge in [0.2, 0.25) is 15.9 Å². The van der Waals surface area contributed by atoms with E-state index in [1.54, 1.807) is 25.2 Å². The molecule has 1 saturated heterocycles. The number of aryl methyl sites for hydroxylation is 1. The van der Waals surface area contributed by atoms with E-state index in [-0.39, 0.29) is 35.4 Å². The number of amides is 1. The molecule has 30 heavy (non-hydrogen) atoms. The van der Waals surface area contributed by atoms with Crippen molar-refractivity contribution in [1.29, 1.82) is 0 Å².